The Hall–Kier alpha value is -4.04. The Morgan fingerprint density at radius 3 is 2.56 bits per heavy atom. The molecule has 2 heterocycles. The quantitative estimate of drug-likeness (QED) is 0.509. The van der Waals surface area contributed by atoms with Crippen LogP contribution in [0.1, 0.15) is 35.1 Å². The second-order valence-electron chi connectivity index (χ2n) is 9.18. The topological polar surface area (TPSA) is 86.5 Å². The van der Waals surface area contributed by atoms with E-state index in [1.807, 2.05) is 48.6 Å². The number of carbonyl (C=O) groups is 1. The smallest absolute Gasteiger partial charge is 0.395 e. The maximum Gasteiger partial charge on any atom is 0.586 e. The number of hydrogen-bond acceptors (Lipinski definition) is 5. The first-order valence-corrected chi connectivity index (χ1v) is 11.8. The molecular formula is C28H23F2N3O3. The van der Waals surface area contributed by atoms with E-state index in [0.29, 0.717) is 37.2 Å². The Morgan fingerprint density at radius 1 is 1.03 bits per heavy atom. The third-order valence-corrected chi connectivity index (χ3v) is 6.85. The first kappa shape index (κ1) is 22.4. The highest BCUT2D eigenvalue weighted by molar-refractivity contribution is 6.01. The van der Waals surface area contributed by atoms with Crippen molar-refractivity contribution in [2.24, 2.45) is 5.73 Å². The number of nitrogens with zero attached hydrogens (tertiary/aromatic N) is 1. The Bertz CT molecular complexity index is 1430. The maximum atomic E-state index is 13.5. The van der Waals surface area contributed by atoms with Crippen LogP contribution in [-0.4, -0.2) is 17.2 Å². The fraction of sp³-hybridized carbons (Fsp3) is 0.214. The van der Waals surface area contributed by atoms with Gasteiger partial charge in [0, 0.05) is 12.1 Å². The normalized spacial score (nSPS) is 17.9. The van der Waals surface area contributed by atoms with E-state index in [1.54, 1.807) is 6.07 Å². The number of anilines is 1. The molecule has 0 spiro atoms. The van der Waals surface area contributed by atoms with Crippen molar-refractivity contribution in [1.82, 2.24) is 4.98 Å². The summed E-state index contributed by atoms with van der Waals surface area (Å²) in [6.07, 6.45) is 6.22. The molecule has 3 aromatic rings. The molecule has 3 N–H and O–H groups in total. The number of allylic oxidation sites excluding steroid dienone is 3. The monoisotopic (exact) mass is 487 g/mol. The molecule has 2 aromatic carbocycles. The fourth-order valence-electron chi connectivity index (χ4n) is 4.73. The lowest BCUT2D eigenvalue weighted by Gasteiger charge is -2.18. The Labute approximate surface area is 206 Å². The highest BCUT2D eigenvalue weighted by atomic mass is 19.3. The number of benzene rings is 2. The van der Waals surface area contributed by atoms with Gasteiger partial charge < -0.3 is 20.5 Å². The Morgan fingerprint density at radius 2 is 1.81 bits per heavy atom. The molecule has 1 amide bonds. The van der Waals surface area contributed by atoms with Crippen LogP contribution < -0.4 is 20.5 Å². The number of ether oxygens (including phenoxy) is 2. The minimum atomic E-state index is -3.70. The molecule has 6 nitrogen and oxygen atoms in total. The number of alkyl halides is 2. The van der Waals surface area contributed by atoms with Crippen LogP contribution in [0.5, 0.6) is 11.5 Å². The SMILES string of the molecule is NCc1ccc(-c2nc(NC(=O)C3(c4ccc5c(c4)OC(F)(F)O5)CC3)cc3c2CC=CC=C3)cc1. The van der Waals surface area contributed by atoms with Crippen molar-refractivity contribution >= 4 is 17.8 Å². The molecule has 3 aliphatic rings. The van der Waals surface area contributed by atoms with Crippen LogP contribution in [0.25, 0.3) is 17.3 Å². The summed E-state index contributed by atoms with van der Waals surface area (Å²) >= 11 is 0. The van der Waals surface area contributed by atoms with Gasteiger partial charge in [-0.25, -0.2) is 4.98 Å². The van der Waals surface area contributed by atoms with Gasteiger partial charge in [-0.2, -0.15) is 0 Å². The van der Waals surface area contributed by atoms with Crippen molar-refractivity contribution in [3.8, 4) is 22.8 Å². The molecule has 0 saturated heterocycles. The van der Waals surface area contributed by atoms with Gasteiger partial charge >= 0.3 is 6.29 Å². The number of nitrogens with one attached hydrogen (secondary N) is 1. The molecule has 1 saturated carbocycles. The number of carbonyl (C=O) groups excluding carboxylic acids is 1. The van der Waals surface area contributed by atoms with Crippen molar-refractivity contribution in [3.63, 3.8) is 0 Å². The summed E-state index contributed by atoms with van der Waals surface area (Å²) in [4.78, 5) is 18.3. The van der Waals surface area contributed by atoms with E-state index in [2.05, 4.69) is 20.9 Å². The van der Waals surface area contributed by atoms with Gasteiger partial charge in [0.25, 0.3) is 0 Å². The van der Waals surface area contributed by atoms with Crippen molar-refractivity contribution in [3.05, 3.63) is 89.0 Å². The molecule has 0 atom stereocenters. The fourth-order valence-corrected chi connectivity index (χ4v) is 4.73. The molecule has 182 valence electrons. The van der Waals surface area contributed by atoms with Crippen LogP contribution in [-0.2, 0) is 23.2 Å². The summed E-state index contributed by atoms with van der Waals surface area (Å²) in [5.74, 6) is 0.0844. The highest BCUT2D eigenvalue weighted by Gasteiger charge is 2.53. The van der Waals surface area contributed by atoms with Crippen molar-refractivity contribution in [2.45, 2.75) is 37.5 Å². The lowest BCUT2D eigenvalue weighted by Crippen LogP contribution is -2.28. The second kappa shape index (κ2) is 8.27. The zero-order chi connectivity index (χ0) is 24.9. The van der Waals surface area contributed by atoms with Gasteiger partial charge in [0.1, 0.15) is 5.82 Å². The van der Waals surface area contributed by atoms with E-state index in [9.17, 15) is 13.6 Å². The minimum absolute atomic E-state index is 0.0435. The number of nitrogens with two attached hydrogens (primary N) is 1. The summed E-state index contributed by atoms with van der Waals surface area (Å²) in [5.41, 5.74) is 10.3. The van der Waals surface area contributed by atoms with Gasteiger partial charge in [-0.3, -0.25) is 4.79 Å². The number of pyridine rings is 1. The maximum absolute atomic E-state index is 13.5. The van der Waals surface area contributed by atoms with E-state index in [-0.39, 0.29) is 17.4 Å². The third kappa shape index (κ3) is 3.93. The molecular weight excluding hydrogens is 464 g/mol. The minimum Gasteiger partial charge on any atom is -0.395 e. The van der Waals surface area contributed by atoms with Crippen LogP contribution in [0.3, 0.4) is 0 Å². The molecule has 1 fully saturated rings. The van der Waals surface area contributed by atoms with Gasteiger partial charge in [-0.05, 0) is 59.7 Å². The highest BCUT2D eigenvalue weighted by Crippen LogP contribution is 2.52. The first-order valence-electron chi connectivity index (χ1n) is 11.8. The summed E-state index contributed by atoms with van der Waals surface area (Å²) < 4.78 is 36.0. The average Bonchev–Trinajstić information content (AvgIpc) is 3.65. The lowest BCUT2D eigenvalue weighted by atomic mass is 9.94. The van der Waals surface area contributed by atoms with E-state index in [4.69, 9.17) is 10.7 Å². The third-order valence-electron chi connectivity index (χ3n) is 6.85. The van der Waals surface area contributed by atoms with Gasteiger partial charge in [-0.1, -0.05) is 54.6 Å². The van der Waals surface area contributed by atoms with E-state index < -0.39 is 11.7 Å². The molecule has 2 aliphatic carbocycles. The largest absolute Gasteiger partial charge is 0.586 e. The van der Waals surface area contributed by atoms with Crippen LogP contribution in [0.4, 0.5) is 14.6 Å². The summed E-state index contributed by atoms with van der Waals surface area (Å²) in [5, 5.41) is 2.99. The summed E-state index contributed by atoms with van der Waals surface area (Å²) in [6, 6.07) is 14.3. The molecule has 0 radical (unpaired) electrons. The Balaban J connectivity index is 1.33. The first-order chi connectivity index (χ1) is 17.4. The standard InChI is InChI=1S/C28H23F2N3O3/c29-28(30)35-22-11-10-20(15-23(22)36-28)27(12-13-27)26(34)33-24-14-19-4-2-1-3-5-21(19)25(32-24)18-8-6-17(16-31)7-9-18/h1-4,6-11,14-15H,5,12-13,16,31H2,(H,32,33,34). The summed E-state index contributed by atoms with van der Waals surface area (Å²) in [7, 11) is 0. The van der Waals surface area contributed by atoms with Crippen molar-refractivity contribution in [2.75, 3.05) is 5.32 Å². The van der Waals surface area contributed by atoms with Crippen LogP contribution in [0, 0.1) is 0 Å². The zero-order valence-electron chi connectivity index (χ0n) is 19.3. The van der Waals surface area contributed by atoms with Gasteiger partial charge in [0.15, 0.2) is 11.5 Å². The van der Waals surface area contributed by atoms with E-state index in [0.717, 1.165) is 27.9 Å². The van der Waals surface area contributed by atoms with Crippen molar-refractivity contribution < 1.29 is 23.0 Å². The lowest BCUT2D eigenvalue weighted by molar-refractivity contribution is -0.286. The molecule has 0 unspecified atom stereocenters. The number of amides is 1. The molecule has 1 aromatic heterocycles. The molecule has 8 heteroatoms. The molecule has 6 rings (SSSR count). The zero-order valence-corrected chi connectivity index (χ0v) is 19.3. The van der Waals surface area contributed by atoms with Gasteiger partial charge in [0.05, 0.1) is 11.1 Å². The second-order valence-corrected chi connectivity index (χ2v) is 9.18. The van der Waals surface area contributed by atoms with Gasteiger partial charge in [-0.15, -0.1) is 8.78 Å². The predicted molar refractivity (Wildman–Crippen MR) is 132 cm³/mol. The number of hydrogen-bond donors (Lipinski definition) is 2. The molecule has 1 aliphatic heterocycles. The number of aromatic nitrogens is 1. The van der Waals surface area contributed by atoms with E-state index in [1.165, 1.54) is 12.1 Å². The number of rotatable bonds is 5. The summed E-state index contributed by atoms with van der Waals surface area (Å²) in [6.45, 7) is 0.451. The number of fused-ring (bicyclic) bond motifs is 2. The van der Waals surface area contributed by atoms with Gasteiger partial charge in [0.2, 0.25) is 5.91 Å². The van der Waals surface area contributed by atoms with Crippen LogP contribution in [0.2, 0.25) is 0 Å². The average molecular weight is 488 g/mol. The van der Waals surface area contributed by atoms with Crippen LogP contribution >= 0.6 is 0 Å². The Kier molecular flexibility index (Phi) is 5.15. The van der Waals surface area contributed by atoms with Crippen LogP contribution in [0.15, 0.2) is 66.8 Å². The molecule has 36 heavy (non-hydrogen) atoms. The van der Waals surface area contributed by atoms with Crippen molar-refractivity contribution in [1.29, 1.82) is 0 Å². The number of halogens is 2. The van der Waals surface area contributed by atoms with E-state index >= 15 is 0 Å². The molecule has 0 bridgehead atoms. The predicted octanol–water partition coefficient (Wildman–Crippen LogP) is 5.32.